The molecule has 84 valence electrons. The number of hydrogen-bond donors (Lipinski definition) is 0. The van der Waals surface area contributed by atoms with Gasteiger partial charge in [-0.2, -0.15) is 0 Å². The van der Waals surface area contributed by atoms with Gasteiger partial charge in [0.15, 0.2) is 0 Å². The van der Waals surface area contributed by atoms with Crippen LogP contribution in [-0.2, 0) is 19.8 Å². The molecule has 0 unspecified atom stereocenters. The van der Waals surface area contributed by atoms with Crippen molar-refractivity contribution in [1.82, 2.24) is 0 Å². The molecule has 0 saturated carbocycles. The molecule has 1 aromatic rings. The molecule has 0 radical (unpaired) electrons. The molecular formula is C8H9NaO5S2. The first kappa shape index (κ1) is 16.2. The Hall–Kier alpha value is 0.240. The van der Waals surface area contributed by atoms with Crippen molar-refractivity contribution in [3.63, 3.8) is 0 Å². The minimum Gasteiger partial charge on any atom is -0.725 e. The van der Waals surface area contributed by atoms with E-state index in [4.69, 9.17) is 4.74 Å². The smallest absolute Gasteiger partial charge is 0.725 e. The average molecular weight is 272 g/mol. The van der Waals surface area contributed by atoms with E-state index < -0.39 is 10.4 Å². The fraction of sp³-hybridized carbons (Fsp3) is 0.250. The van der Waals surface area contributed by atoms with E-state index in [1.165, 1.54) is 7.11 Å². The Morgan fingerprint density at radius 1 is 1.44 bits per heavy atom. The van der Waals surface area contributed by atoms with Crippen molar-refractivity contribution in [2.24, 2.45) is 0 Å². The van der Waals surface area contributed by atoms with Crippen LogP contribution in [0.2, 0.25) is 0 Å². The van der Waals surface area contributed by atoms with E-state index in [9.17, 15) is 13.0 Å². The van der Waals surface area contributed by atoms with Crippen molar-refractivity contribution in [2.45, 2.75) is 5.75 Å². The quantitative estimate of drug-likeness (QED) is 0.276. The predicted octanol–water partition coefficient (Wildman–Crippen LogP) is -1.68. The summed E-state index contributed by atoms with van der Waals surface area (Å²) in [7, 11) is -3.10. The standard InChI is InChI=1S/C8H10O5S2.Na/c1-12-8-4-2-3-7(5-8)6-14-13-15(9,10)11;/h2-5H,6H2,1H3,(H,9,10,11);/q;+1/p-1. The molecule has 0 N–H and O–H groups in total. The fourth-order valence-electron chi connectivity index (χ4n) is 0.913. The van der Waals surface area contributed by atoms with Gasteiger partial charge in [0.05, 0.1) is 7.11 Å². The zero-order valence-corrected chi connectivity index (χ0v) is 12.5. The molecule has 1 aromatic carbocycles. The van der Waals surface area contributed by atoms with Crippen molar-refractivity contribution in [3.8, 4) is 5.75 Å². The third kappa shape index (κ3) is 6.74. The summed E-state index contributed by atoms with van der Waals surface area (Å²) in [5.41, 5.74) is 0.808. The first-order valence-electron chi connectivity index (χ1n) is 3.91. The molecule has 0 saturated heterocycles. The maximum Gasteiger partial charge on any atom is 1.00 e. The normalized spacial score (nSPS) is 10.6. The molecule has 0 aromatic heterocycles. The monoisotopic (exact) mass is 272 g/mol. The molecule has 0 atom stereocenters. The minimum atomic E-state index is -4.63. The Balaban J connectivity index is 0.00000225. The maximum absolute atomic E-state index is 10.1. The molecule has 0 aliphatic rings. The maximum atomic E-state index is 10.1. The van der Waals surface area contributed by atoms with Gasteiger partial charge in [-0.1, -0.05) is 12.1 Å². The van der Waals surface area contributed by atoms with Gasteiger partial charge in [0.2, 0.25) is 10.4 Å². The summed E-state index contributed by atoms with van der Waals surface area (Å²) in [5, 5.41) is 0. The zero-order chi connectivity index (χ0) is 11.3. The summed E-state index contributed by atoms with van der Waals surface area (Å²) in [6, 6.07) is 7.03. The summed E-state index contributed by atoms with van der Waals surface area (Å²) in [6.45, 7) is 0. The van der Waals surface area contributed by atoms with Crippen LogP contribution >= 0.6 is 12.0 Å². The molecule has 1 rings (SSSR count). The zero-order valence-electron chi connectivity index (χ0n) is 8.87. The van der Waals surface area contributed by atoms with Gasteiger partial charge in [0, 0.05) is 17.8 Å². The Kier molecular flexibility index (Phi) is 7.66. The van der Waals surface area contributed by atoms with Crippen LogP contribution in [-0.4, -0.2) is 20.1 Å². The number of ether oxygens (including phenoxy) is 1. The summed E-state index contributed by atoms with van der Waals surface area (Å²) < 4.78 is 39.3. The molecule has 0 amide bonds. The van der Waals surface area contributed by atoms with Crippen LogP contribution in [0.5, 0.6) is 5.75 Å². The SMILES string of the molecule is COc1cccc(CSOS(=O)(=O)[O-])c1.[Na+]. The van der Waals surface area contributed by atoms with Crippen LogP contribution in [0.1, 0.15) is 5.56 Å². The Labute approximate surface area is 121 Å². The second kappa shape index (κ2) is 7.54. The van der Waals surface area contributed by atoms with E-state index in [0.717, 1.165) is 5.56 Å². The van der Waals surface area contributed by atoms with Gasteiger partial charge in [-0.3, -0.25) is 0 Å². The van der Waals surface area contributed by atoms with E-state index in [-0.39, 0.29) is 35.3 Å². The molecule has 0 heterocycles. The minimum absolute atomic E-state index is 0. The third-order valence-corrected chi connectivity index (χ3v) is 2.99. The first-order valence-corrected chi connectivity index (χ1v) is 6.15. The molecule has 0 aliphatic heterocycles. The van der Waals surface area contributed by atoms with Crippen LogP contribution in [0.15, 0.2) is 24.3 Å². The predicted molar refractivity (Wildman–Crippen MR) is 55.1 cm³/mol. The molecule has 0 aliphatic carbocycles. The summed E-state index contributed by atoms with van der Waals surface area (Å²) in [5.74, 6) is 0.927. The van der Waals surface area contributed by atoms with Crippen LogP contribution in [0, 0.1) is 0 Å². The first-order chi connectivity index (χ1) is 7.01. The largest absolute Gasteiger partial charge is 1.00 e. The second-order valence-electron chi connectivity index (χ2n) is 2.59. The van der Waals surface area contributed by atoms with Gasteiger partial charge in [-0.05, 0) is 17.7 Å². The molecular weight excluding hydrogens is 263 g/mol. The van der Waals surface area contributed by atoms with Gasteiger partial charge < -0.3 is 9.29 Å². The van der Waals surface area contributed by atoms with Crippen LogP contribution in [0.25, 0.3) is 0 Å². The van der Waals surface area contributed by atoms with Gasteiger partial charge in [0.25, 0.3) is 0 Å². The van der Waals surface area contributed by atoms with Gasteiger partial charge in [0.1, 0.15) is 5.75 Å². The molecule has 0 bridgehead atoms. The molecule has 5 nitrogen and oxygen atoms in total. The Morgan fingerprint density at radius 2 is 2.12 bits per heavy atom. The van der Waals surface area contributed by atoms with Crippen LogP contribution < -0.4 is 34.3 Å². The second-order valence-corrected chi connectivity index (χ2v) is 4.48. The van der Waals surface area contributed by atoms with E-state index >= 15 is 0 Å². The number of benzene rings is 1. The average Bonchev–Trinajstić information content (AvgIpc) is 2.16. The Bertz CT molecular complexity index is 420. The van der Waals surface area contributed by atoms with E-state index in [1.54, 1.807) is 24.3 Å². The number of hydrogen-bond acceptors (Lipinski definition) is 6. The summed E-state index contributed by atoms with van der Waals surface area (Å²) >= 11 is 0.576. The van der Waals surface area contributed by atoms with E-state index in [1.807, 2.05) is 0 Å². The van der Waals surface area contributed by atoms with Crippen LogP contribution in [0.4, 0.5) is 0 Å². The van der Waals surface area contributed by atoms with Gasteiger partial charge in [-0.25, -0.2) is 12.0 Å². The van der Waals surface area contributed by atoms with Crippen molar-refractivity contribution in [3.05, 3.63) is 29.8 Å². The van der Waals surface area contributed by atoms with Gasteiger partial charge >= 0.3 is 29.6 Å². The number of methoxy groups -OCH3 is 1. The van der Waals surface area contributed by atoms with E-state index in [2.05, 4.69) is 3.63 Å². The van der Waals surface area contributed by atoms with Gasteiger partial charge in [-0.15, -0.1) is 0 Å². The van der Waals surface area contributed by atoms with Crippen molar-refractivity contribution < 1.29 is 50.9 Å². The third-order valence-electron chi connectivity index (χ3n) is 1.49. The number of rotatable bonds is 5. The van der Waals surface area contributed by atoms with Crippen molar-refractivity contribution in [1.29, 1.82) is 0 Å². The Morgan fingerprint density at radius 3 is 2.69 bits per heavy atom. The topological polar surface area (TPSA) is 75.7 Å². The molecule has 16 heavy (non-hydrogen) atoms. The molecule has 0 spiro atoms. The summed E-state index contributed by atoms with van der Waals surface area (Å²) in [6.07, 6.45) is 0. The summed E-state index contributed by atoms with van der Waals surface area (Å²) in [4.78, 5) is 0. The van der Waals surface area contributed by atoms with E-state index in [0.29, 0.717) is 17.8 Å². The molecule has 0 fully saturated rings. The van der Waals surface area contributed by atoms with Crippen molar-refractivity contribution >= 4 is 22.4 Å². The van der Waals surface area contributed by atoms with Crippen molar-refractivity contribution in [2.75, 3.05) is 7.11 Å². The fourth-order valence-corrected chi connectivity index (χ4v) is 1.89. The molecule has 8 heteroatoms. The van der Waals surface area contributed by atoms with Crippen LogP contribution in [0.3, 0.4) is 0 Å².